The van der Waals surface area contributed by atoms with Crippen LogP contribution in [0.2, 0.25) is 0 Å². The number of hydrogen-bond acceptors (Lipinski definition) is 3. The summed E-state index contributed by atoms with van der Waals surface area (Å²) in [6.07, 6.45) is -0.695. The van der Waals surface area contributed by atoms with Gasteiger partial charge in [0.2, 0.25) is 0 Å². The van der Waals surface area contributed by atoms with Gasteiger partial charge in [-0.2, -0.15) is 13.2 Å². The van der Waals surface area contributed by atoms with Crippen LogP contribution in [0.4, 0.5) is 13.2 Å². The molecule has 3 heterocycles. The van der Waals surface area contributed by atoms with Crippen molar-refractivity contribution in [2.45, 2.75) is 38.0 Å². The van der Waals surface area contributed by atoms with Gasteiger partial charge < -0.3 is 14.6 Å². The third-order valence-corrected chi connectivity index (χ3v) is 4.01. The molecule has 2 aliphatic rings. The predicted octanol–water partition coefficient (Wildman–Crippen LogP) is 1.84. The van der Waals surface area contributed by atoms with E-state index in [1.165, 1.54) is 0 Å². The molecular weight excluding hydrogens is 271 g/mol. The first kappa shape index (κ1) is 13.9. The molecule has 0 aliphatic carbocycles. The first-order valence-corrected chi connectivity index (χ1v) is 6.97. The van der Waals surface area contributed by atoms with Crippen molar-refractivity contribution in [1.82, 2.24) is 14.9 Å². The van der Waals surface area contributed by atoms with Crippen molar-refractivity contribution in [3.05, 3.63) is 17.7 Å². The molecule has 1 fully saturated rings. The highest BCUT2D eigenvalue weighted by Gasteiger charge is 2.35. The van der Waals surface area contributed by atoms with E-state index in [0.29, 0.717) is 30.7 Å². The number of imidazole rings is 1. The lowest BCUT2D eigenvalue weighted by molar-refractivity contribution is -0.141. The van der Waals surface area contributed by atoms with Crippen LogP contribution in [0.5, 0.6) is 0 Å². The number of alkyl halides is 3. The zero-order valence-electron chi connectivity index (χ0n) is 11.1. The molecule has 7 heteroatoms. The molecule has 0 unspecified atom stereocenters. The van der Waals surface area contributed by atoms with Crippen LogP contribution >= 0.6 is 0 Å². The maximum atomic E-state index is 12.6. The van der Waals surface area contributed by atoms with E-state index < -0.39 is 11.9 Å². The van der Waals surface area contributed by atoms with Gasteiger partial charge in [-0.3, -0.25) is 0 Å². The van der Waals surface area contributed by atoms with Gasteiger partial charge in [0.25, 0.3) is 0 Å². The maximum absolute atomic E-state index is 12.6. The van der Waals surface area contributed by atoms with Gasteiger partial charge in [-0.25, -0.2) is 4.98 Å². The number of hydrogen-bond donors (Lipinski definition) is 1. The van der Waals surface area contributed by atoms with Crippen molar-refractivity contribution in [2.75, 3.05) is 19.8 Å². The average molecular weight is 289 g/mol. The van der Waals surface area contributed by atoms with Crippen molar-refractivity contribution < 1.29 is 17.9 Å². The standard InChI is InChI=1S/C13H18F3N3O/c14-13(15,16)11-7-19-6-9(1-2-12(19)18-11)5-17-10-3-4-20-8-10/h7,9-10,17H,1-6,8H2/t9-,10-/m1/s1. The summed E-state index contributed by atoms with van der Waals surface area (Å²) in [7, 11) is 0. The SMILES string of the molecule is FC(F)(F)c1cn2c(n1)CC[C@H](CN[C@@H]1CCOC1)C2. The van der Waals surface area contributed by atoms with Crippen LogP contribution in [0, 0.1) is 5.92 Å². The van der Waals surface area contributed by atoms with E-state index in [2.05, 4.69) is 10.3 Å². The van der Waals surface area contributed by atoms with Gasteiger partial charge in [-0.1, -0.05) is 0 Å². The number of ether oxygens (including phenoxy) is 1. The zero-order chi connectivity index (χ0) is 14.2. The van der Waals surface area contributed by atoms with E-state index in [9.17, 15) is 13.2 Å². The molecule has 4 nitrogen and oxygen atoms in total. The Morgan fingerprint density at radius 2 is 2.25 bits per heavy atom. The molecule has 1 saturated heterocycles. The lowest BCUT2D eigenvalue weighted by Crippen LogP contribution is -2.36. The second kappa shape index (κ2) is 5.37. The highest BCUT2D eigenvalue weighted by molar-refractivity contribution is 5.09. The van der Waals surface area contributed by atoms with Gasteiger partial charge in [-0.05, 0) is 18.8 Å². The fraction of sp³-hybridized carbons (Fsp3) is 0.769. The number of rotatable bonds is 3. The molecule has 0 spiro atoms. The fourth-order valence-electron chi connectivity index (χ4n) is 2.85. The van der Waals surface area contributed by atoms with E-state index in [1.54, 1.807) is 4.57 Å². The Hall–Kier alpha value is -1.08. The third-order valence-electron chi connectivity index (χ3n) is 4.01. The van der Waals surface area contributed by atoms with Crippen molar-refractivity contribution in [3.8, 4) is 0 Å². The number of nitrogens with zero attached hydrogens (tertiary/aromatic N) is 2. The number of aryl methyl sites for hydroxylation is 1. The Bertz CT molecular complexity index is 466. The summed E-state index contributed by atoms with van der Waals surface area (Å²) in [4.78, 5) is 3.69. The molecule has 0 aromatic carbocycles. The fourth-order valence-corrected chi connectivity index (χ4v) is 2.85. The van der Waals surface area contributed by atoms with E-state index in [1.807, 2.05) is 0 Å². The van der Waals surface area contributed by atoms with Gasteiger partial charge in [0.05, 0.1) is 6.61 Å². The molecule has 3 rings (SSSR count). The molecule has 0 saturated carbocycles. The lowest BCUT2D eigenvalue weighted by Gasteiger charge is -2.25. The number of aromatic nitrogens is 2. The number of fused-ring (bicyclic) bond motifs is 1. The largest absolute Gasteiger partial charge is 0.434 e. The lowest BCUT2D eigenvalue weighted by atomic mass is 9.99. The monoisotopic (exact) mass is 289 g/mol. The summed E-state index contributed by atoms with van der Waals surface area (Å²) in [5.41, 5.74) is -0.773. The van der Waals surface area contributed by atoms with Crippen molar-refractivity contribution in [2.24, 2.45) is 5.92 Å². The predicted molar refractivity (Wildman–Crippen MR) is 66.3 cm³/mol. The van der Waals surface area contributed by atoms with Crippen LogP contribution < -0.4 is 5.32 Å². The van der Waals surface area contributed by atoms with Crippen molar-refractivity contribution >= 4 is 0 Å². The minimum atomic E-state index is -4.35. The first-order chi connectivity index (χ1) is 9.52. The maximum Gasteiger partial charge on any atom is 0.434 e. The van der Waals surface area contributed by atoms with Crippen LogP contribution in [0.25, 0.3) is 0 Å². The molecular formula is C13H18F3N3O. The molecule has 0 bridgehead atoms. The Morgan fingerprint density at radius 3 is 2.95 bits per heavy atom. The summed E-state index contributed by atoms with van der Waals surface area (Å²) in [6, 6.07) is 0.393. The minimum absolute atomic E-state index is 0.360. The Morgan fingerprint density at radius 1 is 1.40 bits per heavy atom. The molecule has 1 N–H and O–H groups in total. The second-order valence-electron chi connectivity index (χ2n) is 5.57. The highest BCUT2D eigenvalue weighted by Crippen LogP contribution is 2.30. The summed E-state index contributed by atoms with van der Waals surface area (Å²) >= 11 is 0. The highest BCUT2D eigenvalue weighted by atomic mass is 19.4. The number of halogens is 3. The second-order valence-corrected chi connectivity index (χ2v) is 5.57. The van der Waals surface area contributed by atoms with Gasteiger partial charge in [0, 0.05) is 38.4 Å². The van der Waals surface area contributed by atoms with E-state index in [-0.39, 0.29) is 0 Å². The van der Waals surface area contributed by atoms with E-state index in [4.69, 9.17) is 4.74 Å². The Labute approximate surface area is 115 Å². The van der Waals surface area contributed by atoms with Gasteiger partial charge in [-0.15, -0.1) is 0 Å². The van der Waals surface area contributed by atoms with Crippen LogP contribution in [-0.2, 0) is 23.9 Å². The zero-order valence-corrected chi connectivity index (χ0v) is 11.1. The van der Waals surface area contributed by atoms with Gasteiger partial charge in [0.15, 0.2) is 5.69 Å². The van der Waals surface area contributed by atoms with Gasteiger partial charge >= 0.3 is 6.18 Å². The Kier molecular flexibility index (Phi) is 3.72. The summed E-state index contributed by atoms with van der Waals surface area (Å²) in [5.74, 6) is 0.913. The molecule has 2 aliphatic heterocycles. The summed E-state index contributed by atoms with van der Waals surface area (Å²) in [5, 5.41) is 3.44. The van der Waals surface area contributed by atoms with Crippen LogP contribution in [-0.4, -0.2) is 35.4 Å². The Balaban J connectivity index is 1.58. The van der Waals surface area contributed by atoms with Crippen molar-refractivity contribution in [3.63, 3.8) is 0 Å². The van der Waals surface area contributed by atoms with Gasteiger partial charge in [0.1, 0.15) is 5.82 Å². The van der Waals surface area contributed by atoms with Crippen LogP contribution in [0.1, 0.15) is 24.4 Å². The molecule has 0 radical (unpaired) electrons. The van der Waals surface area contributed by atoms with E-state index >= 15 is 0 Å². The molecule has 2 atom stereocenters. The average Bonchev–Trinajstić information content (AvgIpc) is 3.04. The van der Waals surface area contributed by atoms with Crippen LogP contribution in [0.15, 0.2) is 6.20 Å². The summed E-state index contributed by atoms with van der Waals surface area (Å²) in [6.45, 7) is 2.97. The summed E-state index contributed by atoms with van der Waals surface area (Å²) < 4.78 is 44.8. The molecule has 1 aromatic heterocycles. The number of nitrogens with one attached hydrogen (secondary N) is 1. The van der Waals surface area contributed by atoms with Crippen LogP contribution in [0.3, 0.4) is 0 Å². The topological polar surface area (TPSA) is 39.1 Å². The normalized spacial score (nSPS) is 26.8. The third kappa shape index (κ3) is 2.98. The quantitative estimate of drug-likeness (QED) is 0.923. The van der Waals surface area contributed by atoms with E-state index in [0.717, 1.165) is 38.8 Å². The molecule has 112 valence electrons. The minimum Gasteiger partial charge on any atom is -0.380 e. The molecule has 20 heavy (non-hydrogen) atoms. The molecule has 1 aromatic rings. The van der Waals surface area contributed by atoms with Crippen molar-refractivity contribution in [1.29, 1.82) is 0 Å². The smallest absolute Gasteiger partial charge is 0.380 e. The first-order valence-electron chi connectivity index (χ1n) is 6.97. The molecule has 0 amide bonds.